The summed E-state index contributed by atoms with van der Waals surface area (Å²) in [5.41, 5.74) is 2.26. The number of rotatable bonds is 3. The molecule has 0 aromatic carbocycles. The molecule has 0 aliphatic rings. The van der Waals surface area contributed by atoms with Gasteiger partial charge in [0.1, 0.15) is 11.3 Å². The van der Waals surface area contributed by atoms with Crippen molar-refractivity contribution in [1.29, 1.82) is 5.26 Å². The Kier molecular flexibility index (Phi) is 3.52. The van der Waals surface area contributed by atoms with Crippen LogP contribution >= 0.6 is 0 Å². The molecule has 0 N–H and O–H groups in total. The van der Waals surface area contributed by atoms with Gasteiger partial charge in [0.15, 0.2) is 0 Å². The van der Waals surface area contributed by atoms with E-state index >= 15 is 0 Å². The highest BCUT2D eigenvalue weighted by atomic mass is 16.2. The summed E-state index contributed by atoms with van der Waals surface area (Å²) in [7, 11) is 1.69. The molecule has 0 saturated heterocycles. The van der Waals surface area contributed by atoms with Gasteiger partial charge in [-0.15, -0.1) is 0 Å². The fourth-order valence-corrected chi connectivity index (χ4v) is 1.92. The van der Waals surface area contributed by atoms with Crippen LogP contribution in [0.15, 0.2) is 24.5 Å². The van der Waals surface area contributed by atoms with E-state index < -0.39 is 0 Å². The van der Waals surface area contributed by atoms with Gasteiger partial charge in [-0.3, -0.25) is 4.79 Å². The van der Waals surface area contributed by atoms with E-state index in [0.29, 0.717) is 12.2 Å². The summed E-state index contributed by atoms with van der Waals surface area (Å²) in [6, 6.07) is 6.00. The summed E-state index contributed by atoms with van der Waals surface area (Å²) in [5.74, 6) is -0.350. The molecule has 0 bridgehead atoms. The average molecular weight is 256 g/mol. The molecule has 2 aromatic heterocycles. The highest BCUT2D eigenvalue weighted by molar-refractivity contribution is 5.92. The monoisotopic (exact) mass is 256 g/mol. The molecule has 5 nitrogen and oxygen atoms in total. The van der Waals surface area contributed by atoms with Gasteiger partial charge >= 0.3 is 0 Å². The number of aromatic nitrogens is 2. The lowest BCUT2D eigenvalue weighted by Gasteiger charge is -2.16. The Morgan fingerprint density at radius 3 is 3.05 bits per heavy atom. The molecule has 0 spiro atoms. The number of pyridine rings is 1. The Morgan fingerprint density at radius 1 is 1.63 bits per heavy atom. The number of aryl methyl sites for hydroxylation is 1. The highest BCUT2D eigenvalue weighted by Crippen LogP contribution is 2.10. The van der Waals surface area contributed by atoms with E-state index in [2.05, 4.69) is 11.1 Å². The fraction of sp³-hybridized carbons (Fsp3) is 0.357. The Balaban J connectivity index is 2.24. The molecular weight excluding hydrogens is 240 g/mol. The van der Waals surface area contributed by atoms with Crippen molar-refractivity contribution in [2.45, 2.75) is 13.8 Å². The molecule has 0 aliphatic heterocycles. The lowest BCUT2D eigenvalue weighted by molar-refractivity contribution is 0.0780. The molecule has 5 heteroatoms. The molecule has 0 saturated carbocycles. The van der Waals surface area contributed by atoms with Gasteiger partial charge in [0.2, 0.25) is 0 Å². The van der Waals surface area contributed by atoms with Gasteiger partial charge in [-0.2, -0.15) is 5.26 Å². The van der Waals surface area contributed by atoms with Gasteiger partial charge in [0.25, 0.3) is 5.91 Å². The lowest BCUT2D eigenvalue weighted by Crippen LogP contribution is -2.30. The summed E-state index contributed by atoms with van der Waals surface area (Å²) in [6.45, 7) is 4.18. The molecule has 0 radical (unpaired) electrons. The second-order valence-electron chi connectivity index (χ2n) is 4.81. The van der Waals surface area contributed by atoms with Crippen molar-refractivity contribution in [2.75, 3.05) is 13.6 Å². The van der Waals surface area contributed by atoms with Gasteiger partial charge < -0.3 is 9.30 Å². The van der Waals surface area contributed by atoms with Gasteiger partial charge in [-0.05, 0) is 31.5 Å². The number of carbonyl (C=O) groups excluding carboxylic acids is 1. The fourth-order valence-electron chi connectivity index (χ4n) is 1.92. The molecular formula is C14H16N4O. The van der Waals surface area contributed by atoms with Gasteiger partial charge in [-0.25, -0.2) is 4.98 Å². The topological polar surface area (TPSA) is 61.4 Å². The molecule has 1 atom stereocenters. The van der Waals surface area contributed by atoms with E-state index in [4.69, 9.17) is 5.26 Å². The highest BCUT2D eigenvalue weighted by Gasteiger charge is 2.17. The first-order valence-corrected chi connectivity index (χ1v) is 6.11. The molecule has 0 fully saturated rings. The van der Waals surface area contributed by atoms with Crippen LogP contribution in [0.5, 0.6) is 0 Å². The Morgan fingerprint density at radius 2 is 2.37 bits per heavy atom. The maximum absolute atomic E-state index is 12.2. The first kappa shape index (κ1) is 13.1. The zero-order valence-corrected chi connectivity index (χ0v) is 11.3. The van der Waals surface area contributed by atoms with E-state index in [0.717, 1.165) is 11.2 Å². The van der Waals surface area contributed by atoms with E-state index in [1.165, 1.54) is 4.90 Å². The predicted octanol–water partition coefficient (Wildman–Crippen LogP) is 1.87. The number of carbonyl (C=O) groups is 1. The minimum Gasteiger partial charge on any atom is -0.339 e. The second-order valence-corrected chi connectivity index (χ2v) is 4.81. The summed E-state index contributed by atoms with van der Waals surface area (Å²) in [5, 5.41) is 8.77. The zero-order valence-electron chi connectivity index (χ0n) is 11.3. The normalized spacial score (nSPS) is 12.1. The van der Waals surface area contributed by atoms with Gasteiger partial charge in [-0.1, -0.05) is 0 Å². The van der Waals surface area contributed by atoms with Crippen LogP contribution < -0.4 is 0 Å². The Bertz CT molecular complexity index is 653. The number of fused-ring (bicyclic) bond motifs is 1. The third-order valence-electron chi connectivity index (χ3n) is 2.95. The smallest absolute Gasteiger partial charge is 0.273 e. The predicted molar refractivity (Wildman–Crippen MR) is 71.7 cm³/mol. The third-order valence-corrected chi connectivity index (χ3v) is 2.95. The largest absolute Gasteiger partial charge is 0.339 e. The van der Waals surface area contributed by atoms with E-state index in [9.17, 15) is 4.79 Å². The third kappa shape index (κ3) is 2.74. The first-order valence-electron chi connectivity index (χ1n) is 6.11. The van der Waals surface area contributed by atoms with Crippen molar-refractivity contribution in [3.63, 3.8) is 0 Å². The van der Waals surface area contributed by atoms with Crippen molar-refractivity contribution in [3.05, 3.63) is 35.8 Å². The van der Waals surface area contributed by atoms with Crippen molar-refractivity contribution in [3.8, 4) is 6.07 Å². The maximum atomic E-state index is 12.2. The number of hydrogen-bond donors (Lipinski definition) is 0. The summed E-state index contributed by atoms with van der Waals surface area (Å²) in [4.78, 5) is 18.0. The quantitative estimate of drug-likeness (QED) is 0.842. The number of nitrogens with zero attached hydrogens (tertiary/aromatic N) is 4. The van der Waals surface area contributed by atoms with E-state index in [-0.39, 0.29) is 11.8 Å². The Labute approximate surface area is 112 Å². The minimum atomic E-state index is -0.187. The number of hydrogen-bond acceptors (Lipinski definition) is 3. The molecule has 2 heterocycles. The van der Waals surface area contributed by atoms with Crippen LogP contribution in [0.3, 0.4) is 0 Å². The van der Waals surface area contributed by atoms with Crippen LogP contribution in [-0.2, 0) is 0 Å². The standard InChI is InChI=1S/C14H16N4O/c1-10-4-5-18-9-12(16-13(18)6-10)14(19)17(3)8-11(2)7-15/h4-6,9,11H,8H2,1-3H3/t11-/m1/s1. The van der Waals surface area contributed by atoms with Crippen LogP contribution in [0.25, 0.3) is 5.65 Å². The van der Waals surface area contributed by atoms with Crippen LogP contribution in [0.1, 0.15) is 23.0 Å². The lowest BCUT2D eigenvalue weighted by atomic mass is 10.2. The molecule has 19 heavy (non-hydrogen) atoms. The first-order chi connectivity index (χ1) is 9.01. The van der Waals surface area contributed by atoms with Crippen molar-refractivity contribution < 1.29 is 4.79 Å². The van der Waals surface area contributed by atoms with Gasteiger partial charge in [0.05, 0.1) is 12.0 Å². The number of imidazole rings is 1. The van der Waals surface area contributed by atoms with Crippen LogP contribution in [0.2, 0.25) is 0 Å². The number of amides is 1. The van der Waals surface area contributed by atoms with Crippen LogP contribution in [0, 0.1) is 24.2 Å². The molecule has 2 rings (SSSR count). The van der Waals surface area contributed by atoms with Crippen LogP contribution in [-0.4, -0.2) is 33.8 Å². The minimum absolute atomic E-state index is 0.163. The van der Waals surface area contributed by atoms with Gasteiger partial charge in [0, 0.05) is 26.0 Å². The molecule has 0 aliphatic carbocycles. The number of nitriles is 1. The average Bonchev–Trinajstić information content (AvgIpc) is 2.80. The van der Waals surface area contributed by atoms with E-state index in [1.54, 1.807) is 20.2 Å². The van der Waals surface area contributed by atoms with Crippen molar-refractivity contribution in [1.82, 2.24) is 14.3 Å². The Hall–Kier alpha value is -2.35. The van der Waals surface area contributed by atoms with E-state index in [1.807, 2.05) is 29.7 Å². The summed E-state index contributed by atoms with van der Waals surface area (Å²) in [6.07, 6.45) is 3.59. The molecule has 1 amide bonds. The molecule has 98 valence electrons. The SMILES string of the molecule is Cc1ccn2cc(C(=O)N(C)C[C@H](C)C#N)nc2c1. The van der Waals surface area contributed by atoms with Crippen molar-refractivity contribution in [2.24, 2.45) is 5.92 Å². The molecule has 0 unspecified atom stereocenters. The summed E-state index contributed by atoms with van der Waals surface area (Å²) < 4.78 is 1.82. The van der Waals surface area contributed by atoms with Crippen LogP contribution in [0.4, 0.5) is 0 Å². The maximum Gasteiger partial charge on any atom is 0.273 e. The zero-order chi connectivity index (χ0) is 14.0. The van der Waals surface area contributed by atoms with Crippen molar-refractivity contribution >= 4 is 11.6 Å². The summed E-state index contributed by atoms with van der Waals surface area (Å²) >= 11 is 0. The second kappa shape index (κ2) is 5.11. The molecule has 2 aromatic rings.